The predicted octanol–water partition coefficient (Wildman–Crippen LogP) is 3.18. The summed E-state index contributed by atoms with van der Waals surface area (Å²) >= 11 is 0. The van der Waals surface area contributed by atoms with Crippen LogP contribution in [0.2, 0.25) is 0 Å². The molecule has 21 heavy (non-hydrogen) atoms. The van der Waals surface area contributed by atoms with Crippen molar-refractivity contribution in [1.82, 2.24) is 5.32 Å². The molecule has 1 fully saturated rings. The highest BCUT2D eigenvalue weighted by atomic mass is 19.1. The molecule has 1 heterocycles. The van der Waals surface area contributed by atoms with Gasteiger partial charge in [-0.3, -0.25) is 4.79 Å². The normalized spacial score (nSPS) is 17.7. The number of benzene rings is 2. The van der Waals surface area contributed by atoms with Gasteiger partial charge in [-0.25, -0.2) is 4.39 Å². The van der Waals surface area contributed by atoms with Crippen LogP contribution in [0.4, 0.5) is 10.1 Å². The lowest BCUT2D eigenvalue weighted by Crippen LogP contribution is -2.35. The van der Waals surface area contributed by atoms with E-state index < -0.39 is 0 Å². The van der Waals surface area contributed by atoms with Crippen LogP contribution in [0.5, 0.6) is 0 Å². The SMILES string of the molecule is O=C(Nc1ccccc1-c1ccccc1F)[C@@H]1CCCN1. The Morgan fingerprint density at radius 2 is 1.81 bits per heavy atom. The Balaban J connectivity index is 1.89. The average Bonchev–Trinajstić information content (AvgIpc) is 3.03. The van der Waals surface area contributed by atoms with Crippen molar-refractivity contribution in [1.29, 1.82) is 0 Å². The lowest BCUT2D eigenvalue weighted by Gasteiger charge is -2.15. The molecule has 2 aromatic rings. The number of nitrogens with one attached hydrogen (secondary N) is 2. The van der Waals surface area contributed by atoms with Crippen LogP contribution in [0, 0.1) is 5.82 Å². The van der Waals surface area contributed by atoms with E-state index in [1.54, 1.807) is 24.3 Å². The fourth-order valence-electron chi connectivity index (χ4n) is 2.63. The molecule has 0 aliphatic carbocycles. The van der Waals surface area contributed by atoms with Crippen LogP contribution in [-0.4, -0.2) is 18.5 Å². The summed E-state index contributed by atoms with van der Waals surface area (Å²) in [6, 6.07) is 13.7. The number of hydrogen-bond donors (Lipinski definition) is 2. The summed E-state index contributed by atoms with van der Waals surface area (Å²) in [6.07, 6.45) is 1.85. The van der Waals surface area contributed by atoms with Crippen molar-refractivity contribution in [3.63, 3.8) is 0 Å². The molecule has 0 spiro atoms. The van der Waals surface area contributed by atoms with Crippen molar-refractivity contribution in [2.45, 2.75) is 18.9 Å². The Hall–Kier alpha value is -2.20. The van der Waals surface area contributed by atoms with Crippen molar-refractivity contribution < 1.29 is 9.18 Å². The third-order valence-electron chi connectivity index (χ3n) is 3.73. The van der Waals surface area contributed by atoms with E-state index in [1.165, 1.54) is 6.07 Å². The molecule has 3 rings (SSSR count). The van der Waals surface area contributed by atoms with Gasteiger partial charge in [-0.1, -0.05) is 36.4 Å². The summed E-state index contributed by atoms with van der Waals surface area (Å²) in [5, 5.41) is 6.07. The van der Waals surface area contributed by atoms with Crippen LogP contribution in [0.1, 0.15) is 12.8 Å². The molecular weight excluding hydrogens is 267 g/mol. The zero-order valence-corrected chi connectivity index (χ0v) is 11.6. The highest BCUT2D eigenvalue weighted by Gasteiger charge is 2.22. The van der Waals surface area contributed by atoms with Crippen LogP contribution in [0.15, 0.2) is 48.5 Å². The van der Waals surface area contributed by atoms with Crippen molar-refractivity contribution in [3.05, 3.63) is 54.3 Å². The summed E-state index contributed by atoms with van der Waals surface area (Å²) in [5.74, 6) is -0.352. The molecule has 0 saturated carbocycles. The van der Waals surface area contributed by atoms with Gasteiger partial charge in [-0.2, -0.15) is 0 Å². The molecule has 2 aromatic carbocycles. The quantitative estimate of drug-likeness (QED) is 0.909. The van der Waals surface area contributed by atoms with Crippen LogP contribution >= 0.6 is 0 Å². The van der Waals surface area contributed by atoms with Gasteiger partial charge < -0.3 is 10.6 Å². The van der Waals surface area contributed by atoms with Crippen molar-refractivity contribution in [3.8, 4) is 11.1 Å². The second-order valence-electron chi connectivity index (χ2n) is 5.16. The molecule has 1 aliphatic rings. The first-order chi connectivity index (χ1) is 10.3. The fraction of sp³-hybridized carbons (Fsp3) is 0.235. The summed E-state index contributed by atoms with van der Waals surface area (Å²) < 4.78 is 14.0. The van der Waals surface area contributed by atoms with E-state index in [0.717, 1.165) is 19.4 Å². The molecule has 1 atom stereocenters. The van der Waals surface area contributed by atoms with Gasteiger partial charge in [0.15, 0.2) is 0 Å². The molecule has 0 aromatic heterocycles. The number of anilines is 1. The Kier molecular flexibility index (Phi) is 3.97. The van der Waals surface area contributed by atoms with Gasteiger partial charge in [0.1, 0.15) is 5.82 Å². The zero-order valence-electron chi connectivity index (χ0n) is 11.6. The lowest BCUT2D eigenvalue weighted by atomic mass is 10.0. The standard InChI is InChI=1S/C17H17FN2O/c18-14-8-3-1-6-12(14)13-7-2-4-9-15(13)20-17(21)16-10-5-11-19-16/h1-4,6-9,16,19H,5,10-11H2,(H,20,21)/t16-/m0/s1. The van der Waals surface area contributed by atoms with Crippen molar-refractivity contribution in [2.24, 2.45) is 0 Å². The Labute approximate surface area is 123 Å². The van der Waals surface area contributed by atoms with E-state index >= 15 is 0 Å². The zero-order chi connectivity index (χ0) is 14.7. The van der Waals surface area contributed by atoms with E-state index in [2.05, 4.69) is 10.6 Å². The Morgan fingerprint density at radius 3 is 2.52 bits per heavy atom. The molecule has 1 aliphatic heterocycles. The highest BCUT2D eigenvalue weighted by Crippen LogP contribution is 2.30. The van der Waals surface area contributed by atoms with Gasteiger partial charge in [0.25, 0.3) is 0 Å². The van der Waals surface area contributed by atoms with Crippen LogP contribution in [0.3, 0.4) is 0 Å². The highest BCUT2D eigenvalue weighted by molar-refractivity contribution is 5.98. The minimum absolute atomic E-state index is 0.0590. The molecule has 0 radical (unpaired) electrons. The lowest BCUT2D eigenvalue weighted by molar-refractivity contribution is -0.117. The number of para-hydroxylation sites is 1. The number of amides is 1. The van der Waals surface area contributed by atoms with E-state index in [-0.39, 0.29) is 17.8 Å². The van der Waals surface area contributed by atoms with Crippen molar-refractivity contribution >= 4 is 11.6 Å². The number of carbonyl (C=O) groups is 1. The summed E-state index contributed by atoms with van der Waals surface area (Å²) in [5.41, 5.74) is 1.83. The number of carbonyl (C=O) groups excluding carboxylic acids is 1. The van der Waals surface area contributed by atoms with E-state index in [9.17, 15) is 9.18 Å². The fourth-order valence-corrected chi connectivity index (χ4v) is 2.63. The monoisotopic (exact) mass is 284 g/mol. The number of rotatable bonds is 3. The van der Waals surface area contributed by atoms with Gasteiger partial charge in [0.2, 0.25) is 5.91 Å². The molecule has 0 bridgehead atoms. The third kappa shape index (κ3) is 2.95. The minimum Gasteiger partial charge on any atom is -0.324 e. The molecular formula is C17H17FN2O. The molecule has 2 N–H and O–H groups in total. The maximum atomic E-state index is 14.0. The van der Waals surface area contributed by atoms with E-state index in [4.69, 9.17) is 0 Å². The maximum Gasteiger partial charge on any atom is 0.241 e. The molecule has 1 saturated heterocycles. The second kappa shape index (κ2) is 6.06. The number of halogens is 1. The Morgan fingerprint density at radius 1 is 1.10 bits per heavy atom. The topological polar surface area (TPSA) is 41.1 Å². The Bertz CT molecular complexity index is 651. The molecule has 4 heteroatoms. The van der Waals surface area contributed by atoms with Crippen molar-refractivity contribution in [2.75, 3.05) is 11.9 Å². The largest absolute Gasteiger partial charge is 0.324 e. The number of hydrogen-bond acceptors (Lipinski definition) is 2. The summed E-state index contributed by atoms with van der Waals surface area (Å²) in [7, 11) is 0. The van der Waals surface area contributed by atoms with Gasteiger partial charge in [0.05, 0.1) is 6.04 Å². The molecule has 108 valence electrons. The maximum absolute atomic E-state index is 14.0. The van der Waals surface area contributed by atoms with E-state index in [1.807, 2.05) is 18.2 Å². The third-order valence-corrected chi connectivity index (χ3v) is 3.73. The second-order valence-corrected chi connectivity index (χ2v) is 5.16. The van der Waals surface area contributed by atoms with Gasteiger partial charge in [-0.05, 0) is 31.5 Å². The summed E-state index contributed by atoms with van der Waals surface area (Å²) in [6.45, 7) is 0.868. The molecule has 3 nitrogen and oxygen atoms in total. The smallest absolute Gasteiger partial charge is 0.241 e. The van der Waals surface area contributed by atoms with Crippen LogP contribution in [-0.2, 0) is 4.79 Å². The van der Waals surface area contributed by atoms with Crippen LogP contribution < -0.4 is 10.6 Å². The first-order valence-electron chi connectivity index (χ1n) is 7.14. The van der Waals surface area contributed by atoms with Gasteiger partial charge in [-0.15, -0.1) is 0 Å². The summed E-state index contributed by atoms with van der Waals surface area (Å²) in [4.78, 5) is 12.2. The first-order valence-corrected chi connectivity index (χ1v) is 7.14. The van der Waals surface area contributed by atoms with E-state index in [0.29, 0.717) is 16.8 Å². The van der Waals surface area contributed by atoms with Crippen LogP contribution in [0.25, 0.3) is 11.1 Å². The molecule has 0 unspecified atom stereocenters. The van der Waals surface area contributed by atoms with Gasteiger partial charge >= 0.3 is 0 Å². The first kappa shape index (κ1) is 13.8. The average molecular weight is 284 g/mol. The minimum atomic E-state index is -0.293. The molecule has 1 amide bonds. The van der Waals surface area contributed by atoms with Gasteiger partial charge in [0, 0.05) is 16.8 Å². The predicted molar refractivity (Wildman–Crippen MR) is 81.5 cm³/mol.